The van der Waals surface area contributed by atoms with Crippen molar-refractivity contribution in [1.29, 1.82) is 0 Å². The molecule has 0 amide bonds. The molecule has 0 radical (unpaired) electrons. The van der Waals surface area contributed by atoms with Gasteiger partial charge in [0.25, 0.3) is 0 Å². The van der Waals surface area contributed by atoms with Crippen LogP contribution in [-0.2, 0) is 0 Å². The number of nitrogens with one attached hydrogen (secondary N) is 1. The van der Waals surface area contributed by atoms with Crippen molar-refractivity contribution >= 4 is 0 Å². The Morgan fingerprint density at radius 3 is 2.79 bits per heavy atom. The lowest BCUT2D eigenvalue weighted by atomic mass is 10.1. The van der Waals surface area contributed by atoms with Crippen LogP contribution in [0.5, 0.6) is 0 Å². The summed E-state index contributed by atoms with van der Waals surface area (Å²) in [6.45, 7) is 11.3. The number of piperazine rings is 1. The Kier molecular flexibility index (Phi) is 7.18. The van der Waals surface area contributed by atoms with E-state index in [1.165, 1.54) is 90.8 Å². The van der Waals surface area contributed by atoms with E-state index in [9.17, 15) is 0 Å². The molecule has 0 aromatic rings. The molecule has 2 fully saturated rings. The predicted octanol–water partition coefficient (Wildman–Crippen LogP) is 2.33. The fourth-order valence-electron chi connectivity index (χ4n) is 3.50. The van der Waals surface area contributed by atoms with Crippen molar-refractivity contribution in [3.8, 4) is 0 Å². The van der Waals surface area contributed by atoms with E-state index in [1.807, 2.05) is 0 Å². The van der Waals surface area contributed by atoms with Gasteiger partial charge in [-0.1, -0.05) is 19.8 Å². The Morgan fingerprint density at radius 1 is 1.00 bits per heavy atom. The van der Waals surface area contributed by atoms with Crippen molar-refractivity contribution in [1.82, 2.24) is 15.1 Å². The van der Waals surface area contributed by atoms with E-state index >= 15 is 0 Å². The Labute approximate surface area is 119 Å². The molecule has 2 saturated heterocycles. The minimum atomic E-state index is 0.895. The molecule has 0 spiro atoms. The van der Waals surface area contributed by atoms with Crippen LogP contribution in [0.15, 0.2) is 0 Å². The van der Waals surface area contributed by atoms with Gasteiger partial charge in [0.2, 0.25) is 0 Å². The van der Waals surface area contributed by atoms with E-state index < -0.39 is 0 Å². The maximum absolute atomic E-state index is 3.48. The first kappa shape index (κ1) is 15.3. The van der Waals surface area contributed by atoms with Gasteiger partial charge in [-0.15, -0.1) is 0 Å². The fourth-order valence-corrected chi connectivity index (χ4v) is 3.50. The number of unbranched alkanes of at least 4 members (excludes halogenated alkanes) is 3. The van der Waals surface area contributed by atoms with Gasteiger partial charge in [0, 0.05) is 25.7 Å². The van der Waals surface area contributed by atoms with Crippen LogP contribution in [0.3, 0.4) is 0 Å². The first-order valence-corrected chi connectivity index (χ1v) is 8.57. The zero-order valence-corrected chi connectivity index (χ0v) is 12.9. The second-order valence-corrected chi connectivity index (χ2v) is 6.30. The van der Waals surface area contributed by atoms with Crippen LogP contribution in [0.1, 0.15) is 51.9 Å². The molecule has 2 aliphatic rings. The van der Waals surface area contributed by atoms with E-state index in [0.29, 0.717) is 0 Å². The van der Waals surface area contributed by atoms with Crippen LogP contribution in [0.4, 0.5) is 0 Å². The summed E-state index contributed by atoms with van der Waals surface area (Å²) >= 11 is 0. The fraction of sp³-hybridized carbons (Fsp3) is 1.00. The quantitative estimate of drug-likeness (QED) is 0.647. The van der Waals surface area contributed by atoms with Gasteiger partial charge in [-0.3, -0.25) is 4.90 Å². The second-order valence-electron chi connectivity index (χ2n) is 6.30. The van der Waals surface area contributed by atoms with Crippen LogP contribution >= 0.6 is 0 Å². The van der Waals surface area contributed by atoms with Crippen LogP contribution in [0, 0.1) is 0 Å². The SMILES string of the molecule is CCCNCCCCCCN1CCN2CCCC2C1. The summed E-state index contributed by atoms with van der Waals surface area (Å²) in [6.07, 6.45) is 9.71. The van der Waals surface area contributed by atoms with Gasteiger partial charge >= 0.3 is 0 Å². The Balaban J connectivity index is 1.43. The van der Waals surface area contributed by atoms with E-state index in [1.54, 1.807) is 0 Å². The highest BCUT2D eigenvalue weighted by molar-refractivity contribution is 4.86. The molecular weight excluding hydrogens is 234 g/mol. The average Bonchev–Trinajstić information content (AvgIpc) is 2.89. The van der Waals surface area contributed by atoms with Crippen molar-refractivity contribution < 1.29 is 0 Å². The summed E-state index contributed by atoms with van der Waals surface area (Å²) in [7, 11) is 0. The molecular formula is C16H33N3. The highest BCUT2D eigenvalue weighted by Gasteiger charge is 2.29. The summed E-state index contributed by atoms with van der Waals surface area (Å²) in [5.41, 5.74) is 0. The van der Waals surface area contributed by atoms with E-state index in [0.717, 1.165) is 6.04 Å². The van der Waals surface area contributed by atoms with E-state index in [-0.39, 0.29) is 0 Å². The molecule has 2 aliphatic heterocycles. The van der Waals surface area contributed by atoms with Crippen molar-refractivity contribution in [2.75, 3.05) is 45.8 Å². The molecule has 0 bridgehead atoms. The summed E-state index contributed by atoms with van der Waals surface area (Å²) in [4.78, 5) is 5.41. The number of fused-ring (bicyclic) bond motifs is 1. The summed E-state index contributed by atoms with van der Waals surface area (Å²) < 4.78 is 0. The molecule has 3 heteroatoms. The van der Waals surface area contributed by atoms with E-state index in [4.69, 9.17) is 0 Å². The normalized spacial score (nSPS) is 24.8. The van der Waals surface area contributed by atoms with Gasteiger partial charge in [0.05, 0.1) is 0 Å². The molecule has 0 aliphatic carbocycles. The molecule has 2 heterocycles. The molecule has 112 valence electrons. The monoisotopic (exact) mass is 267 g/mol. The zero-order valence-electron chi connectivity index (χ0n) is 12.9. The van der Waals surface area contributed by atoms with Gasteiger partial charge in [0.1, 0.15) is 0 Å². The molecule has 0 aromatic carbocycles. The molecule has 2 rings (SSSR count). The number of hydrogen-bond acceptors (Lipinski definition) is 3. The van der Waals surface area contributed by atoms with Gasteiger partial charge in [-0.2, -0.15) is 0 Å². The van der Waals surface area contributed by atoms with Crippen LogP contribution in [0.25, 0.3) is 0 Å². The maximum Gasteiger partial charge on any atom is 0.0224 e. The van der Waals surface area contributed by atoms with E-state index in [2.05, 4.69) is 22.0 Å². The smallest absolute Gasteiger partial charge is 0.0224 e. The first-order valence-electron chi connectivity index (χ1n) is 8.57. The lowest BCUT2D eigenvalue weighted by Crippen LogP contribution is -2.50. The molecule has 19 heavy (non-hydrogen) atoms. The third kappa shape index (κ3) is 5.41. The largest absolute Gasteiger partial charge is 0.317 e. The van der Waals surface area contributed by atoms with Crippen molar-refractivity contribution in [3.05, 3.63) is 0 Å². The molecule has 3 nitrogen and oxygen atoms in total. The predicted molar refractivity (Wildman–Crippen MR) is 82.7 cm³/mol. The maximum atomic E-state index is 3.48. The summed E-state index contributed by atoms with van der Waals surface area (Å²) in [6, 6.07) is 0.895. The second kappa shape index (κ2) is 8.93. The molecule has 1 N–H and O–H groups in total. The molecule has 0 aromatic heterocycles. The highest BCUT2D eigenvalue weighted by atomic mass is 15.3. The third-order valence-corrected chi connectivity index (χ3v) is 4.68. The van der Waals surface area contributed by atoms with Crippen molar-refractivity contribution in [2.45, 2.75) is 57.9 Å². The van der Waals surface area contributed by atoms with Crippen LogP contribution in [-0.4, -0.2) is 61.7 Å². The minimum Gasteiger partial charge on any atom is -0.317 e. The molecule has 1 unspecified atom stereocenters. The van der Waals surface area contributed by atoms with Crippen LogP contribution in [0.2, 0.25) is 0 Å². The summed E-state index contributed by atoms with van der Waals surface area (Å²) in [5, 5.41) is 3.48. The lowest BCUT2D eigenvalue weighted by Gasteiger charge is -2.37. The molecule has 0 saturated carbocycles. The van der Waals surface area contributed by atoms with Gasteiger partial charge in [-0.25, -0.2) is 0 Å². The Morgan fingerprint density at radius 2 is 1.89 bits per heavy atom. The number of nitrogens with zero attached hydrogens (tertiary/aromatic N) is 2. The minimum absolute atomic E-state index is 0.895. The zero-order chi connectivity index (χ0) is 13.3. The summed E-state index contributed by atoms with van der Waals surface area (Å²) in [5.74, 6) is 0. The highest BCUT2D eigenvalue weighted by Crippen LogP contribution is 2.21. The van der Waals surface area contributed by atoms with Crippen molar-refractivity contribution in [2.24, 2.45) is 0 Å². The standard InChI is InChI=1S/C16H33N3/c1-2-9-17-10-5-3-4-6-11-18-13-14-19-12-7-8-16(19)15-18/h16-17H,2-15H2,1H3. The third-order valence-electron chi connectivity index (χ3n) is 4.68. The molecule has 1 atom stereocenters. The number of rotatable bonds is 9. The Bertz CT molecular complexity index is 232. The van der Waals surface area contributed by atoms with Crippen LogP contribution < -0.4 is 5.32 Å². The first-order chi connectivity index (χ1) is 9.40. The average molecular weight is 267 g/mol. The van der Waals surface area contributed by atoms with Gasteiger partial charge < -0.3 is 10.2 Å². The number of hydrogen-bond donors (Lipinski definition) is 1. The van der Waals surface area contributed by atoms with Crippen molar-refractivity contribution in [3.63, 3.8) is 0 Å². The van der Waals surface area contributed by atoms with Gasteiger partial charge in [0.15, 0.2) is 0 Å². The van der Waals surface area contributed by atoms with Gasteiger partial charge in [-0.05, 0) is 58.3 Å². The Hall–Kier alpha value is -0.120. The topological polar surface area (TPSA) is 18.5 Å². The lowest BCUT2D eigenvalue weighted by molar-refractivity contribution is 0.103.